The van der Waals surface area contributed by atoms with Gasteiger partial charge in [0.05, 0.1) is 11.5 Å². The van der Waals surface area contributed by atoms with Gasteiger partial charge in [0.1, 0.15) is 0 Å². The lowest BCUT2D eigenvalue weighted by Gasteiger charge is -2.07. The predicted octanol–water partition coefficient (Wildman–Crippen LogP) is 2.89. The normalized spacial score (nSPS) is 11.2. The summed E-state index contributed by atoms with van der Waals surface area (Å²) in [4.78, 5) is 12.7. The number of carbonyl (C=O) groups excluding carboxylic acids is 1. The summed E-state index contributed by atoms with van der Waals surface area (Å²) in [6.45, 7) is 5.99. The average molecular weight is 292 g/mol. The SMILES string of the molecule is CC(C)COCCNC(=O)c1cc2cc(N)ccc2s1. The van der Waals surface area contributed by atoms with Crippen molar-refractivity contribution in [3.05, 3.63) is 29.1 Å². The smallest absolute Gasteiger partial charge is 0.261 e. The van der Waals surface area contributed by atoms with Crippen LogP contribution in [-0.4, -0.2) is 25.7 Å². The molecule has 0 aliphatic heterocycles. The highest BCUT2D eigenvalue weighted by molar-refractivity contribution is 7.20. The maximum absolute atomic E-state index is 12.0. The summed E-state index contributed by atoms with van der Waals surface area (Å²) in [7, 11) is 0. The van der Waals surface area contributed by atoms with Gasteiger partial charge in [-0.2, -0.15) is 0 Å². The molecule has 0 radical (unpaired) electrons. The Kier molecular flexibility index (Phi) is 4.98. The van der Waals surface area contributed by atoms with E-state index in [0.717, 1.165) is 16.7 Å². The first-order chi connectivity index (χ1) is 9.56. The third kappa shape index (κ3) is 3.95. The highest BCUT2D eigenvalue weighted by Gasteiger charge is 2.09. The van der Waals surface area contributed by atoms with Gasteiger partial charge in [-0.1, -0.05) is 13.8 Å². The number of nitrogens with one attached hydrogen (secondary N) is 1. The third-order valence-corrected chi connectivity index (χ3v) is 3.86. The van der Waals surface area contributed by atoms with Gasteiger partial charge in [0.2, 0.25) is 0 Å². The molecule has 0 saturated heterocycles. The zero-order chi connectivity index (χ0) is 14.5. The predicted molar refractivity (Wildman–Crippen MR) is 84.2 cm³/mol. The first-order valence-electron chi connectivity index (χ1n) is 6.71. The van der Waals surface area contributed by atoms with Crippen LogP contribution in [0.1, 0.15) is 23.5 Å². The lowest BCUT2D eigenvalue weighted by atomic mass is 10.2. The van der Waals surface area contributed by atoms with E-state index >= 15 is 0 Å². The molecule has 4 nitrogen and oxygen atoms in total. The topological polar surface area (TPSA) is 64.3 Å². The van der Waals surface area contributed by atoms with Crippen LogP contribution in [0.15, 0.2) is 24.3 Å². The number of fused-ring (bicyclic) bond motifs is 1. The number of ether oxygens (including phenoxy) is 1. The summed E-state index contributed by atoms with van der Waals surface area (Å²) in [5, 5.41) is 3.87. The Morgan fingerprint density at radius 1 is 1.40 bits per heavy atom. The van der Waals surface area contributed by atoms with Crippen molar-refractivity contribution in [2.24, 2.45) is 5.92 Å². The van der Waals surface area contributed by atoms with E-state index in [0.29, 0.717) is 29.6 Å². The number of hydrogen-bond donors (Lipinski definition) is 2. The van der Waals surface area contributed by atoms with Crippen LogP contribution >= 0.6 is 11.3 Å². The zero-order valence-electron chi connectivity index (χ0n) is 11.8. The molecule has 0 aliphatic carbocycles. The van der Waals surface area contributed by atoms with E-state index in [2.05, 4.69) is 19.2 Å². The molecule has 2 aromatic rings. The molecule has 1 amide bonds. The molecule has 0 bridgehead atoms. The second-order valence-electron chi connectivity index (χ2n) is 5.13. The molecule has 0 aliphatic rings. The number of amides is 1. The average Bonchev–Trinajstić information content (AvgIpc) is 2.80. The van der Waals surface area contributed by atoms with E-state index in [1.807, 2.05) is 24.3 Å². The van der Waals surface area contributed by atoms with E-state index in [1.165, 1.54) is 11.3 Å². The van der Waals surface area contributed by atoms with E-state index in [4.69, 9.17) is 10.5 Å². The number of carbonyl (C=O) groups is 1. The zero-order valence-corrected chi connectivity index (χ0v) is 12.6. The second kappa shape index (κ2) is 6.72. The van der Waals surface area contributed by atoms with Crippen LogP contribution in [0.4, 0.5) is 5.69 Å². The van der Waals surface area contributed by atoms with E-state index in [9.17, 15) is 4.79 Å². The molecule has 0 saturated carbocycles. The lowest BCUT2D eigenvalue weighted by molar-refractivity contribution is 0.0890. The molecule has 0 spiro atoms. The Balaban J connectivity index is 1.88. The quantitative estimate of drug-likeness (QED) is 0.635. The summed E-state index contributed by atoms with van der Waals surface area (Å²) >= 11 is 1.47. The van der Waals surface area contributed by atoms with E-state index < -0.39 is 0 Å². The van der Waals surface area contributed by atoms with Crippen molar-refractivity contribution in [3.63, 3.8) is 0 Å². The third-order valence-electron chi connectivity index (χ3n) is 2.75. The maximum atomic E-state index is 12.0. The number of nitrogens with two attached hydrogens (primary N) is 1. The van der Waals surface area contributed by atoms with Crippen LogP contribution in [0.2, 0.25) is 0 Å². The summed E-state index contributed by atoms with van der Waals surface area (Å²) in [6, 6.07) is 7.55. The Morgan fingerprint density at radius 3 is 2.95 bits per heavy atom. The van der Waals surface area contributed by atoms with Gasteiger partial charge in [-0.25, -0.2) is 0 Å². The molecule has 3 N–H and O–H groups in total. The van der Waals surface area contributed by atoms with Crippen molar-refractivity contribution in [2.45, 2.75) is 13.8 Å². The van der Waals surface area contributed by atoms with E-state index in [-0.39, 0.29) is 5.91 Å². The van der Waals surface area contributed by atoms with Gasteiger partial charge < -0.3 is 15.8 Å². The first kappa shape index (κ1) is 14.8. The summed E-state index contributed by atoms with van der Waals surface area (Å²) < 4.78 is 6.50. The summed E-state index contributed by atoms with van der Waals surface area (Å²) in [5.41, 5.74) is 6.45. The van der Waals surface area contributed by atoms with Crippen LogP contribution in [0.3, 0.4) is 0 Å². The van der Waals surface area contributed by atoms with Gasteiger partial charge in [0, 0.05) is 23.5 Å². The van der Waals surface area contributed by atoms with Gasteiger partial charge in [0.25, 0.3) is 5.91 Å². The molecule has 20 heavy (non-hydrogen) atoms. The Hall–Kier alpha value is -1.59. The molecule has 2 rings (SSSR count). The van der Waals surface area contributed by atoms with Gasteiger partial charge in [-0.3, -0.25) is 4.79 Å². The van der Waals surface area contributed by atoms with Crippen molar-refractivity contribution >= 4 is 33.0 Å². The molecular weight excluding hydrogens is 272 g/mol. The molecule has 1 aromatic carbocycles. The molecule has 0 unspecified atom stereocenters. The van der Waals surface area contributed by atoms with Crippen molar-refractivity contribution in [3.8, 4) is 0 Å². The van der Waals surface area contributed by atoms with Crippen molar-refractivity contribution in [2.75, 3.05) is 25.5 Å². The number of thiophene rings is 1. The molecule has 0 fully saturated rings. The fraction of sp³-hybridized carbons (Fsp3) is 0.400. The number of nitrogen functional groups attached to an aromatic ring is 1. The van der Waals surface area contributed by atoms with Gasteiger partial charge >= 0.3 is 0 Å². The van der Waals surface area contributed by atoms with Crippen LogP contribution in [0.5, 0.6) is 0 Å². The standard InChI is InChI=1S/C15H20N2O2S/c1-10(2)9-19-6-5-17-15(18)14-8-11-7-12(16)3-4-13(11)20-14/h3-4,7-8,10H,5-6,9,16H2,1-2H3,(H,17,18). The fourth-order valence-electron chi connectivity index (χ4n) is 1.82. The minimum absolute atomic E-state index is 0.0575. The van der Waals surface area contributed by atoms with E-state index in [1.54, 1.807) is 0 Å². The minimum Gasteiger partial charge on any atom is -0.399 e. The Bertz CT molecular complexity index is 593. The number of anilines is 1. The molecule has 1 heterocycles. The van der Waals surface area contributed by atoms with Crippen molar-refractivity contribution in [1.29, 1.82) is 0 Å². The lowest BCUT2D eigenvalue weighted by Crippen LogP contribution is -2.26. The van der Waals surface area contributed by atoms with Crippen molar-refractivity contribution < 1.29 is 9.53 Å². The maximum Gasteiger partial charge on any atom is 0.261 e. The summed E-state index contributed by atoms with van der Waals surface area (Å²) in [5.74, 6) is 0.455. The highest BCUT2D eigenvalue weighted by Crippen LogP contribution is 2.27. The highest BCUT2D eigenvalue weighted by atomic mass is 32.1. The second-order valence-corrected chi connectivity index (χ2v) is 6.22. The molecule has 108 valence electrons. The monoisotopic (exact) mass is 292 g/mol. The largest absolute Gasteiger partial charge is 0.399 e. The van der Waals surface area contributed by atoms with Crippen LogP contribution in [0.25, 0.3) is 10.1 Å². The number of benzene rings is 1. The first-order valence-corrected chi connectivity index (χ1v) is 7.53. The number of rotatable bonds is 6. The Labute approximate surface area is 122 Å². The van der Waals surface area contributed by atoms with Gasteiger partial charge in [0.15, 0.2) is 0 Å². The minimum atomic E-state index is -0.0575. The number of hydrogen-bond acceptors (Lipinski definition) is 4. The van der Waals surface area contributed by atoms with Gasteiger partial charge in [-0.05, 0) is 35.6 Å². The molecular formula is C15H20N2O2S. The van der Waals surface area contributed by atoms with Crippen LogP contribution in [0, 0.1) is 5.92 Å². The molecule has 5 heteroatoms. The molecule has 1 aromatic heterocycles. The molecule has 0 atom stereocenters. The van der Waals surface area contributed by atoms with Crippen LogP contribution in [-0.2, 0) is 4.74 Å². The van der Waals surface area contributed by atoms with Crippen LogP contribution < -0.4 is 11.1 Å². The van der Waals surface area contributed by atoms with Gasteiger partial charge in [-0.15, -0.1) is 11.3 Å². The summed E-state index contributed by atoms with van der Waals surface area (Å²) in [6.07, 6.45) is 0. The fourth-order valence-corrected chi connectivity index (χ4v) is 2.78. The Morgan fingerprint density at radius 2 is 2.20 bits per heavy atom. The van der Waals surface area contributed by atoms with Crippen molar-refractivity contribution in [1.82, 2.24) is 5.32 Å².